The summed E-state index contributed by atoms with van der Waals surface area (Å²) in [5.41, 5.74) is 3.98. The number of carbonyl (C=O) groups is 2. The van der Waals surface area contributed by atoms with Gasteiger partial charge >= 0.3 is 5.97 Å². The van der Waals surface area contributed by atoms with Crippen LogP contribution in [0.15, 0.2) is 60.7 Å². The Morgan fingerprint density at radius 1 is 0.967 bits per heavy atom. The van der Waals surface area contributed by atoms with Crippen LogP contribution in [0.25, 0.3) is 33.1 Å². The van der Waals surface area contributed by atoms with Crippen LogP contribution in [0.3, 0.4) is 0 Å². The predicted octanol–water partition coefficient (Wildman–Crippen LogP) is 4.32. The fraction of sp³-hybridized carbons (Fsp3) is 0.208. The van der Waals surface area contributed by atoms with Crippen LogP contribution in [0.4, 0.5) is 0 Å². The minimum atomic E-state index is -0.785. The first-order valence-electron chi connectivity index (χ1n) is 10.1. The molecule has 0 saturated carbocycles. The van der Waals surface area contributed by atoms with Crippen LogP contribution in [-0.4, -0.2) is 44.9 Å². The van der Waals surface area contributed by atoms with Gasteiger partial charge in [-0.15, -0.1) is 0 Å². The molecule has 0 aliphatic carbocycles. The molecular formula is C24H21N3O3. The smallest absolute Gasteiger partial charge is 0.306 e. The standard InChI is InChI=1S/C24H21N3O3/c28-23(27-12-10-16(11-13-27)24(29)30)20-14-18-17-8-4-5-9-19(17)25-22(18)21(26-20)15-6-2-1-3-7-15/h1-9,14,16,25H,10-13H2,(H,29,30). The van der Waals surface area contributed by atoms with Gasteiger partial charge in [0.25, 0.3) is 5.91 Å². The highest BCUT2D eigenvalue weighted by Crippen LogP contribution is 2.33. The van der Waals surface area contributed by atoms with Gasteiger partial charge in [0.15, 0.2) is 0 Å². The summed E-state index contributed by atoms with van der Waals surface area (Å²) >= 11 is 0. The summed E-state index contributed by atoms with van der Waals surface area (Å²) in [6.45, 7) is 0.869. The van der Waals surface area contributed by atoms with Gasteiger partial charge in [0.2, 0.25) is 0 Å². The Labute approximate surface area is 173 Å². The van der Waals surface area contributed by atoms with Crippen LogP contribution >= 0.6 is 0 Å². The van der Waals surface area contributed by atoms with Crippen molar-refractivity contribution in [3.05, 3.63) is 66.4 Å². The Morgan fingerprint density at radius 3 is 2.40 bits per heavy atom. The van der Waals surface area contributed by atoms with Gasteiger partial charge in [-0.05, 0) is 25.0 Å². The molecule has 6 nitrogen and oxygen atoms in total. The van der Waals surface area contributed by atoms with E-state index in [0.29, 0.717) is 31.6 Å². The van der Waals surface area contributed by atoms with Gasteiger partial charge in [-0.3, -0.25) is 9.59 Å². The number of nitrogens with zero attached hydrogens (tertiary/aromatic N) is 2. The molecule has 6 heteroatoms. The number of fused-ring (bicyclic) bond motifs is 3. The number of H-pyrrole nitrogens is 1. The van der Waals surface area contributed by atoms with Crippen molar-refractivity contribution in [2.24, 2.45) is 5.92 Å². The Kier molecular flexibility index (Phi) is 4.47. The number of hydrogen-bond donors (Lipinski definition) is 2. The molecular weight excluding hydrogens is 378 g/mol. The fourth-order valence-electron chi connectivity index (χ4n) is 4.25. The van der Waals surface area contributed by atoms with Crippen molar-refractivity contribution in [3.63, 3.8) is 0 Å². The highest BCUT2D eigenvalue weighted by Gasteiger charge is 2.28. The van der Waals surface area contributed by atoms with Gasteiger partial charge in [-0.2, -0.15) is 0 Å². The molecule has 4 aromatic rings. The molecule has 0 bridgehead atoms. The van der Waals surface area contributed by atoms with Crippen LogP contribution in [-0.2, 0) is 4.79 Å². The number of carbonyl (C=O) groups excluding carboxylic acids is 1. The predicted molar refractivity (Wildman–Crippen MR) is 115 cm³/mol. The zero-order chi connectivity index (χ0) is 20.7. The summed E-state index contributed by atoms with van der Waals surface area (Å²) in [7, 11) is 0. The molecule has 30 heavy (non-hydrogen) atoms. The summed E-state index contributed by atoms with van der Waals surface area (Å²) in [5.74, 6) is -1.31. The summed E-state index contributed by atoms with van der Waals surface area (Å²) in [6, 6.07) is 19.7. The zero-order valence-corrected chi connectivity index (χ0v) is 16.3. The van der Waals surface area contributed by atoms with Crippen molar-refractivity contribution in [2.45, 2.75) is 12.8 Å². The maximum atomic E-state index is 13.3. The molecule has 0 radical (unpaired) electrons. The summed E-state index contributed by atoms with van der Waals surface area (Å²) < 4.78 is 0. The van der Waals surface area contributed by atoms with Crippen LogP contribution in [0.5, 0.6) is 0 Å². The molecule has 3 heterocycles. The average molecular weight is 399 g/mol. The molecule has 0 atom stereocenters. The number of para-hydroxylation sites is 1. The van der Waals surface area contributed by atoms with Gasteiger partial charge in [0, 0.05) is 34.9 Å². The SMILES string of the molecule is O=C(O)C1CCN(C(=O)c2cc3c([nH]c4ccccc43)c(-c3ccccc3)n2)CC1. The lowest BCUT2D eigenvalue weighted by atomic mass is 9.97. The quantitative estimate of drug-likeness (QED) is 0.537. The van der Waals surface area contributed by atoms with E-state index >= 15 is 0 Å². The van der Waals surface area contributed by atoms with E-state index in [0.717, 1.165) is 33.1 Å². The van der Waals surface area contributed by atoms with E-state index in [1.54, 1.807) is 4.90 Å². The molecule has 2 aromatic heterocycles. The maximum absolute atomic E-state index is 13.3. The second-order valence-electron chi connectivity index (χ2n) is 7.72. The molecule has 150 valence electrons. The molecule has 1 aliphatic rings. The van der Waals surface area contributed by atoms with Crippen molar-refractivity contribution in [2.75, 3.05) is 13.1 Å². The Morgan fingerprint density at radius 2 is 1.67 bits per heavy atom. The van der Waals surface area contributed by atoms with Gasteiger partial charge in [0.05, 0.1) is 17.1 Å². The number of carboxylic acids is 1. The highest BCUT2D eigenvalue weighted by molar-refractivity contribution is 6.13. The zero-order valence-electron chi connectivity index (χ0n) is 16.3. The van der Waals surface area contributed by atoms with Crippen LogP contribution in [0.1, 0.15) is 23.3 Å². The number of pyridine rings is 1. The molecule has 1 aliphatic heterocycles. The lowest BCUT2D eigenvalue weighted by molar-refractivity contribution is -0.143. The molecule has 0 unspecified atom stereocenters. The number of aromatic nitrogens is 2. The first-order chi connectivity index (χ1) is 14.6. The van der Waals surface area contributed by atoms with Crippen LogP contribution in [0, 0.1) is 5.92 Å². The second-order valence-corrected chi connectivity index (χ2v) is 7.72. The Bertz CT molecular complexity index is 1250. The van der Waals surface area contributed by atoms with Gasteiger partial charge in [0.1, 0.15) is 5.69 Å². The van der Waals surface area contributed by atoms with Gasteiger partial charge in [-0.25, -0.2) is 4.98 Å². The maximum Gasteiger partial charge on any atom is 0.306 e. The van der Waals surface area contributed by atoms with Crippen molar-refractivity contribution in [3.8, 4) is 11.3 Å². The molecule has 1 saturated heterocycles. The molecule has 5 rings (SSSR count). The number of amides is 1. The first-order valence-corrected chi connectivity index (χ1v) is 10.1. The molecule has 0 spiro atoms. The van der Waals surface area contributed by atoms with Crippen LogP contribution < -0.4 is 0 Å². The van der Waals surface area contributed by atoms with E-state index in [1.165, 1.54) is 0 Å². The van der Waals surface area contributed by atoms with E-state index in [1.807, 2.05) is 60.7 Å². The Hall–Kier alpha value is -3.67. The van der Waals surface area contributed by atoms with E-state index in [-0.39, 0.29) is 11.8 Å². The number of aliphatic carboxylic acids is 1. The number of piperidine rings is 1. The minimum Gasteiger partial charge on any atom is -0.481 e. The number of benzene rings is 2. The van der Waals surface area contributed by atoms with E-state index in [2.05, 4.69) is 4.98 Å². The van der Waals surface area contributed by atoms with E-state index in [9.17, 15) is 14.7 Å². The third kappa shape index (κ3) is 3.10. The van der Waals surface area contributed by atoms with Crippen molar-refractivity contribution < 1.29 is 14.7 Å². The molecule has 2 aromatic carbocycles. The summed E-state index contributed by atoms with van der Waals surface area (Å²) in [4.78, 5) is 34.4. The van der Waals surface area contributed by atoms with Gasteiger partial charge in [-0.1, -0.05) is 48.5 Å². The normalized spacial score (nSPS) is 15.0. The number of nitrogens with one attached hydrogen (secondary N) is 1. The summed E-state index contributed by atoms with van der Waals surface area (Å²) in [5, 5.41) is 11.2. The number of hydrogen-bond acceptors (Lipinski definition) is 3. The lowest BCUT2D eigenvalue weighted by Crippen LogP contribution is -2.40. The van der Waals surface area contributed by atoms with Crippen LogP contribution in [0.2, 0.25) is 0 Å². The number of rotatable bonds is 3. The minimum absolute atomic E-state index is 0.150. The van der Waals surface area contributed by atoms with Gasteiger partial charge < -0.3 is 15.0 Å². The van der Waals surface area contributed by atoms with E-state index in [4.69, 9.17) is 4.98 Å². The third-order valence-corrected chi connectivity index (χ3v) is 5.89. The number of likely N-dealkylation sites (tertiary alicyclic amines) is 1. The number of carboxylic acid groups (broad SMARTS) is 1. The lowest BCUT2D eigenvalue weighted by Gasteiger charge is -2.30. The molecule has 1 amide bonds. The molecule has 2 N–H and O–H groups in total. The first kappa shape index (κ1) is 18.4. The second kappa shape index (κ2) is 7.30. The third-order valence-electron chi connectivity index (χ3n) is 5.89. The largest absolute Gasteiger partial charge is 0.481 e. The monoisotopic (exact) mass is 399 g/mol. The Balaban J connectivity index is 1.61. The highest BCUT2D eigenvalue weighted by atomic mass is 16.4. The fourth-order valence-corrected chi connectivity index (χ4v) is 4.25. The number of aromatic amines is 1. The molecule has 1 fully saturated rings. The van der Waals surface area contributed by atoms with E-state index < -0.39 is 5.97 Å². The van der Waals surface area contributed by atoms with Crippen molar-refractivity contribution >= 4 is 33.7 Å². The topological polar surface area (TPSA) is 86.3 Å². The van der Waals surface area contributed by atoms with Crippen molar-refractivity contribution in [1.29, 1.82) is 0 Å². The summed E-state index contributed by atoms with van der Waals surface area (Å²) in [6.07, 6.45) is 0.948. The van der Waals surface area contributed by atoms with Crippen molar-refractivity contribution in [1.82, 2.24) is 14.9 Å². The average Bonchev–Trinajstić information content (AvgIpc) is 3.17.